The topological polar surface area (TPSA) is 0 Å². The Labute approximate surface area is 284 Å². The molecule has 0 aliphatic heterocycles. The normalized spacial score (nSPS) is 13.4. The van der Waals surface area contributed by atoms with Crippen LogP contribution in [0.15, 0.2) is 158 Å². The van der Waals surface area contributed by atoms with E-state index in [0.29, 0.717) is 0 Å². The maximum absolute atomic E-state index is 2.48. The van der Waals surface area contributed by atoms with Crippen LogP contribution in [-0.2, 0) is 5.41 Å². The molecule has 8 aromatic carbocycles. The van der Waals surface area contributed by atoms with E-state index in [0.717, 1.165) is 0 Å². The van der Waals surface area contributed by atoms with Gasteiger partial charge in [0, 0.05) is 15.0 Å². The Morgan fingerprint density at radius 3 is 1.65 bits per heavy atom. The summed E-state index contributed by atoms with van der Waals surface area (Å²) in [6.07, 6.45) is 0. The van der Waals surface area contributed by atoms with Crippen molar-refractivity contribution in [1.82, 2.24) is 0 Å². The van der Waals surface area contributed by atoms with Crippen molar-refractivity contribution in [3.63, 3.8) is 0 Å². The summed E-state index contributed by atoms with van der Waals surface area (Å²) in [5.74, 6) is 0. The molecule has 0 unspecified atom stereocenters. The minimum atomic E-state index is -0.0379. The third-order valence-electron chi connectivity index (χ3n) is 10.7. The standard InChI is InChI=1S/C47H32S/c1-47(2)41-25-11-10-20-39(41)46-45(47)40-28-30(26-27-42(40)48-46)43-35-16-6-8-18-37(35)44(38-19-9-7-17-36(38)43)34-24-13-22-32-31(21-12-23-33(32)34)29-14-4-3-5-15-29/h3-28H,1-2H3. The van der Waals surface area contributed by atoms with Crippen molar-refractivity contribution in [2.24, 2.45) is 0 Å². The van der Waals surface area contributed by atoms with Gasteiger partial charge in [0.25, 0.3) is 0 Å². The predicted octanol–water partition coefficient (Wildman–Crippen LogP) is 13.7. The fraction of sp³-hybridized carbons (Fsp3) is 0.0638. The summed E-state index contributed by atoms with van der Waals surface area (Å²) >= 11 is 1.94. The minimum Gasteiger partial charge on any atom is -0.135 e. The molecule has 0 nitrogen and oxygen atoms in total. The highest BCUT2D eigenvalue weighted by atomic mass is 32.1. The van der Waals surface area contributed by atoms with Crippen LogP contribution in [-0.4, -0.2) is 0 Å². The van der Waals surface area contributed by atoms with Crippen molar-refractivity contribution in [2.75, 3.05) is 0 Å². The van der Waals surface area contributed by atoms with Gasteiger partial charge in [-0.25, -0.2) is 0 Å². The molecule has 0 fully saturated rings. The first kappa shape index (κ1) is 27.6. The summed E-state index contributed by atoms with van der Waals surface area (Å²) in [4.78, 5) is 1.43. The van der Waals surface area contributed by atoms with Crippen LogP contribution < -0.4 is 0 Å². The van der Waals surface area contributed by atoms with E-state index in [1.807, 2.05) is 11.3 Å². The van der Waals surface area contributed by atoms with E-state index in [2.05, 4.69) is 172 Å². The quantitative estimate of drug-likeness (QED) is 0.171. The van der Waals surface area contributed by atoms with E-state index < -0.39 is 0 Å². The summed E-state index contributed by atoms with van der Waals surface area (Å²) in [7, 11) is 0. The van der Waals surface area contributed by atoms with Crippen LogP contribution in [0.1, 0.15) is 25.0 Å². The number of hydrogen-bond donors (Lipinski definition) is 0. The predicted molar refractivity (Wildman–Crippen MR) is 208 cm³/mol. The molecule has 0 atom stereocenters. The summed E-state index contributed by atoms with van der Waals surface area (Å²) in [5, 5.41) is 9.08. The first-order valence-corrected chi connectivity index (χ1v) is 17.6. The number of hydrogen-bond acceptors (Lipinski definition) is 1. The fourth-order valence-corrected chi connectivity index (χ4v) is 9.93. The third kappa shape index (κ3) is 3.83. The van der Waals surface area contributed by atoms with Crippen molar-refractivity contribution >= 4 is 53.7 Å². The smallest absolute Gasteiger partial charge is 0.0399 e. The number of thiophene rings is 1. The molecule has 0 radical (unpaired) electrons. The van der Waals surface area contributed by atoms with Crippen LogP contribution in [0.4, 0.5) is 0 Å². The molecule has 48 heavy (non-hydrogen) atoms. The number of fused-ring (bicyclic) bond motifs is 8. The zero-order valence-corrected chi connectivity index (χ0v) is 27.7. The van der Waals surface area contributed by atoms with E-state index in [4.69, 9.17) is 0 Å². The molecule has 1 aromatic heterocycles. The molecule has 1 aliphatic carbocycles. The SMILES string of the molecule is CC1(C)c2ccccc2-c2sc3ccc(-c4c5ccccc5c(-c5cccc6c(-c7ccccc7)cccc56)c5ccccc45)cc3c21. The van der Waals surface area contributed by atoms with E-state index >= 15 is 0 Å². The van der Waals surface area contributed by atoms with Crippen LogP contribution in [0, 0.1) is 0 Å². The molecule has 10 rings (SSSR count). The molecular weight excluding hydrogens is 597 g/mol. The summed E-state index contributed by atoms with van der Waals surface area (Å²) < 4.78 is 1.36. The molecule has 0 saturated heterocycles. The average molecular weight is 629 g/mol. The van der Waals surface area contributed by atoms with Crippen molar-refractivity contribution in [3.05, 3.63) is 169 Å². The number of rotatable bonds is 3. The fourth-order valence-electron chi connectivity index (χ4n) is 8.55. The third-order valence-corrected chi connectivity index (χ3v) is 11.9. The average Bonchev–Trinajstić information content (AvgIpc) is 3.63. The molecule has 1 aliphatic rings. The van der Waals surface area contributed by atoms with E-state index in [-0.39, 0.29) is 5.41 Å². The van der Waals surface area contributed by atoms with Gasteiger partial charge < -0.3 is 0 Å². The lowest BCUT2D eigenvalue weighted by molar-refractivity contribution is 0.667. The first-order valence-electron chi connectivity index (χ1n) is 16.8. The molecule has 0 spiro atoms. The van der Waals surface area contributed by atoms with Gasteiger partial charge in [-0.05, 0) is 99.9 Å². The highest BCUT2D eigenvalue weighted by Crippen LogP contribution is 2.56. The maximum Gasteiger partial charge on any atom is 0.0399 e. The Morgan fingerprint density at radius 2 is 0.938 bits per heavy atom. The monoisotopic (exact) mass is 628 g/mol. The molecule has 0 N–H and O–H groups in total. The van der Waals surface area contributed by atoms with Crippen LogP contribution in [0.25, 0.3) is 86.2 Å². The van der Waals surface area contributed by atoms with Gasteiger partial charge in [-0.15, -0.1) is 11.3 Å². The van der Waals surface area contributed by atoms with Crippen molar-refractivity contribution in [1.29, 1.82) is 0 Å². The Balaban J connectivity index is 1.26. The molecule has 1 heteroatoms. The van der Waals surface area contributed by atoms with Gasteiger partial charge >= 0.3 is 0 Å². The molecule has 1 heterocycles. The maximum atomic E-state index is 2.48. The Kier molecular flexibility index (Phi) is 5.89. The van der Waals surface area contributed by atoms with Gasteiger partial charge in [0.15, 0.2) is 0 Å². The Bertz CT molecular complexity index is 2690. The van der Waals surface area contributed by atoms with Gasteiger partial charge in [-0.2, -0.15) is 0 Å². The first-order chi connectivity index (χ1) is 23.6. The van der Waals surface area contributed by atoms with Crippen LogP contribution in [0.2, 0.25) is 0 Å². The second-order valence-corrected chi connectivity index (χ2v) is 14.7. The lowest BCUT2D eigenvalue weighted by Crippen LogP contribution is -2.14. The van der Waals surface area contributed by atoms with Gasteiger partial charge in [0.1, 0.15) is 0 Å². The molecular formula is C47H32S. The molecule has 9 aromatic rings. The largest absolute Gasteiger partial charge is 0.135 e. The van der Waals surface area contributed by atoms with Gasteiger partial charge in [0.2, 0.25) is 0 Å². The number of benzene rings is 8. The lowest BCUT2D eigenvalue weighted by atomic mass is 9.81. The molecule has 226 valence electrons. The van der Waals surface area contributed by atoms with Crippen molar-refractivity contribution in [2.45, 2.75) is 19.3 Å². The highest BCUT2D eigenvalue weighted by Gasteiger charge is 2.38. The lowest BCUT2D eigenvalue weighted by Gasteiger charge is -2.22. The second kappa shape index (κ2) is 10.2. The van der Waals surface area contributed by atoms with E-state index in [1.165, 1.54) is 97.4 Å². The molecule has 0 bridgehead atoms. The van der Waals surface area contributed by atoms with Crippen LogP contribution in [0.3, 0.4) is 0 Å². The summed E-state index contributed by atoms with van der Waals surface area (Å²) in [6, 6.07) is 58.6. The van der Waals surface area contributed by atoms with Crippen molar-refractivity contribution < 1.29 is 0 Å². The van der Waals surface area contributed by atoms with Gasteiger partial charge in [0.05, 0.1) is 0 Å². The van der Waals surface area contributed by atoms with E-state index in [9.17, 15) is 0 Å². The zero-order chi connectivity index (χ0) is 32.0. The van der Waals surface area contributed by atoms with Crippen molar-refractivity contribution in [3.8, 4) is 43.8 Å². The summed E-state index contributed by atoms with van der Waals surface area (Å²) in [5.41, 5.74) is 11.9. The van der Waals surface area contributed by atoms with Gasteiger partial charge in [-0.3, -0.25) is 0 Å². The van der Waals surface area contributed by atoms with Gasteiger partial charge in [-0.1, -0.05) is 159 Å². The molecule has 0 amide bonds. The van der Waals surface area contributed by atoms with E-state index in [1.54, 1.807) is 0 Å². The highest BCUT2D eigenvalue weighted by molar-refractivity contribution is 7.22. The van der Waals surface area contributed by atoms with Crippen LogP contribution >= 0.6 is 11.3 Å². The second-order valence-electron chi connectivity index (χ2n) is 13.6. The Hall–Kier alpha value is -5.50. The van der Waals surface area contributed by atoms with Crippen LogP contribution in [0.5, 0.6) is 0 Å². The summed E-state index contributed by atoms with van der Waals surface area (Å²) in [6.45, 7) is 4.78. The minimum absolute atomic E-state index is 0.0379. The molecule has 0 saturated carbocycles. The zero-order valence-electron chi connectivity index (χ0n) is 26.9. The Morgan fingerprint density at radius 1 is 0.396 bits per heavy atom.